The average molecular weight is 290 g/mol. The Morgan fingerprint density at radius 1 is 1.00 bits per heavy atom. The predicted molar refractivity (Wildman–Crippen MR) is 85.0 cm³/mol. The van der Waals surface area contributed by atoms with Gasteiger partial charge in [0.2, 0.25) is 11.8 Å². The lowest BCUT2D eigenvalue weighted by Crippen LogP contribution is -2.26. The lowest BCUT2D eigenvalue weighted by Gasteiger charge is -2.07. The van der Waals surface area contributed by atoms with Crippen LogP contribution in [-0.4, -0.2) is 24.9 Å². The first-order valence-corrected chi connectivity index (χ1v) is 7.65. The molecule has 4 heteroatoms. The van der Waals surface area contributed by atoms with E-state index in [-0.39, 0.29) is 11.8 Å². The smallest absolute Gasteiger partial charge is 0.220 e. The molecule has 0 saturated carbocycles. The zero-order valence-corrected chi connectivity index (χ0v) is 13.1. The summed E-state index contributed by atoms with van der Waals surface area (Å²) < 4.78 is 0. The number of carbonyl (C=O) groups excluding carboxylic acids is 2. The minimum atomic E-state index is -0.00441. The molecule has 0 aliphatic rings. The first kappa shape index (κ1) is 17.2. The molecule has 1 rings (SSSR count). The number of amides is 2. The van der Waals surface area contributed by atoms with Crippen molar-refractivity contribution in [2.75, 3.05) is 13.1 Å². The summed E-state index contributed by atoms with van der Waals surface area (Å²) in [6.07, 6.45) is 4.18. The van der Waals surface area contributed by atoms with Gasteiger partial charge in [0.05, 0.1) is 0 Å². The highest BCUT2D eigenvalue weighted by molar-refractivity contribution is 5.75. The van der Waals surface area contributed by atoms with Crippen molar-refractivity contribution in [1.29, 1.82) is 0 Å². The molecule has 0 aliphatic carbocycles. The number of carbonyl (C=O) groups is 2. The number of hydrogen-bond acceptors (Lipinski definition) is 2. The Hall–Kier alpha value is -1.84. The molecule has 2 amide bonds. The minimum absolute atomic E-state index is 0.00441. The molecule has 116 valence electrons. The Kier molecular flexibility index (Phi) is 8.17. The zero-order valence-electron chi connectivity index (χ0n) is 13.1. The summed E-state index contributed by atoms with van der Waals surface area (Å²) in [7, 11) is 0. The van der Waals surface area contributed by atoms with E-state index in [0.717, 1.165) is 25.7 Å². The van der Waals surface area contributed by atoms with Gasteiger partial charge in [-0.25, -0.2) is 0 Å². The molecule has 0 unspecified atom stereocenters. The van der Waals surface area contributed by atoms with Crippen LogP contribution in [0, 0.1) is 6.92 Å². The second-order valence-corrected chi connectivity index (χ2v) is 5.32. The second-order valence-electron chi connectivity index (χ2n) is 5.32. The van der Waals surface area contributed by atoms with E-state index in [9.17, 15) is 9.59 Å². The molecule has 0 aliphatic heterocycles. The average Bonchev–Trinajstić information content (AvgIpc) is 2.44. The summed E-state index contributed by atoms with van der Waals surface area (Å²) in [6.45, 7) is 4.97. The highest BCUT2D eigenvalue weighted by Crippen LogP contribution is 2.10. The van der Waals surface area contributed by atoms with Crippen molar-refractivity contribution >= 4 is 11.8 Å². The van der Waals surface area contributed by atoms with Crippen LogP contribution in [0.3, 0.4) is 0 Å². The normalized spacial score (nSPS) is 10.2. The molecule has 21 heavy (non-hydrogen) atoms. The molecule has 0 aromatic heterocycles. The third-order valence-electron chi connectivity index (χ3n) is 3.41. The van der Waals surface area contributed by atoms with Gasteiger partial charge in [-0.05, 0) is 43.7 Å². The van der Waals surface area contributed by atoms with Crippen LogP contribution >= 0.6 is 0 Å². The molecule has 1 aromatic carbocycles. The fraction of sp³-hybridized carbons (Fsp3) is 0.529. The van der Waals surface area contributed by atoms with Crippen LogP contribution in [0.25, 0.3) is 0 Å². The Bertz CT molecular complexity index is 458. The van der Waals surface area contributed by atoms with Crippen molar-refractivity contribution in [3.8, 4) is 0 Å². The van der Waals surface area contributed by atoms with Crippen LogP contribution in [-0.2, 0) is 16.0 Å². The SMILES string of the molecule is CC(=O)NCCCCNC(=O)CCCc1ccccc1C. The van der Waals surface area contributed by atoms with Crippen molar-refractivity contribution in [2.45, 2.75) is 46.0 Å². The highest BCUT2D eigenvalue weighted by Gasteiger charge is 2.02. The van der Waals surface area contributed by atoms with Gasteiger partial charge >= 0.3 is 0 Å². The van der Waals surface area contributed by atoms with Crippen LogP contribution in [0.15, 0.2) is 24.3 Å². The maximum atomic E-state index is 11.7. The summed E-state index contributed by atoms with van der Waals surface area (Å²) in [5, 5.41) is 5.66. The first-order chi connectivity index (χ1) is 10.1. The summed E-state index contributed by atoms with van der Waals surface area (Å²) in [4.78, 5) is 22.3. The van der Waals surface area contributed by atoms with E-state index in [0.29, 0.717) is 19.5 Å². The van der Waals surface area contributed by atoms with Crippen LogP contribution in [0.4, 0.5) is 0 Å². The van der Waals surface area contributed by atoms with E-state index in [1.54, 1.807) is 0 Å². The van der Waals surface area contributed by atoms with Crippen molar-refractivity contribution < 1.29 is 9.59 Å². The summed E-state index contributed by atoms with van der Waals surface area (Å²) in [6, 6.07) is 8.30. The van der Waals surface area contributed by atoms with Gasteiger partial charge in [0.1, 0.15) is 0 Å². The third-order valence-corrected chi connectivity index (χ3v) is 3.41. The van der Waals surface area contributed by atoms with Crippen LogP contribution in [0.2, 0.25) is 0 Å². The van der Waals surface area contributed by atoms with Gasteiger partial charge in [-0.15, -0.1) is 0 Å². The standard InChI is InChI=1S/C17H26N2O2/c1-14-8-3-4-9-16(14)10-7-11-17(21)19-13-6-5-12-18-15(2)20/h3-4,8-9H,5-7,10-13H2,1-2H3,(H,18,20)(H,19,21). The van der Waals surface area contributed by atoms with Gasteiger partial charge in [-0.3, -0.25) is 9.59 Å². The van der Waals surface area contributed by atoms with Crippen molar-refractivity contribution in [1.82, 2.24) is 10.6 Å². The van der Waals surface area contributed by atoms with Crippen molar-refractivity contribution in [3.05, 3.63) is 35.4 Å². The monoisotopic (exact) mass is 290 g/mol. The molecule has 0 bridgehead atoms. The maximum Gasteiger partial charge on any atom is 0.220 e. The molecule has 0 fully saturated rings. The molecular weight excluding hydrogens is 264 g/mol. The molecule has 0 spiro atoms. The molecule has 0 heterocycles. The van der Waals surface area contributed by atoms with E-state index in [4.69, 9.17) is 0 Å². The van der Waals surface area contributed by atoms with Gasteiger partial charge < -0.3 is 10.6 Å². The molecule has 0 radical (unpaired) electrons. The quantitative estimate of drug-likeness (QED) is 0.686. The highest BCUT2D eigenvalue weighted by atomic mass is 16.2. The Balaban J connectivity index is 2.04. The van der Waals surface area contributed by atoms with E-state index in [1.165, 1.54) is 18.1 Å². The van der Waals surface area contributed by atoms with Gasteiger partial charge in [-0.1, -0.05) is 24.3 Å². The van der Waals surface area contributed by atoms with E-state index < -0.39 is 0 Å². The summed E-state index contributed by atoms with van der Waals surface area (Å²) in [5.74, 6) is 0.110. The van der Waals surface area contributed by atoms with Gasteiger partial charge in [-0.2, -0.15) is 0 Å². The Morgan fingerprint density at radius 2 is 1.67 bits per heavy atom. The minimum Gasteiger partial charge on any atom is -0.356 e. The Labute approximate surface area is 127 Å². The maximum absolute atomic E-state index is 11.7. The van der Waals surface area contributed by atoms with Crippen molar-refractivity contribution in [2.24, 2.45) is 0 Å². The molecule has 0 atom stereocenters. The second kappa shape index (κ2) is 9.97. The topological polar surface area (TPSA) is 58.2 Å². The number of unbranched alkanes of at least 4 members (excludes halogenated alkanes) is 1. The van der Waals surface area contributed by atoms with Gasteiger partial charge in [0, 0.05) is 26.4 Å². The zero-order chi connectivity index (χ0) is 15.5. The fourth-order valence-electron chi connectivity index (χ4n) is 2.16. The summed E-state index contributed by atoms with van der Waals surface area (Å²) in [5.41, 5.74) is 2.61. The summed E-state index contributed by atoms with van der Waals surface area (Å²) >= 11 is 0. The van der Waals surface area contributed by atoms with Crippen LogP contribution in [0.1, 0.15) is 43.7 Å². The fourth-order valence-corrected chi connectivity index (χ4v) is 2.16. The predicted octanol–water partition coefficient (Wildman–Crippen LogP) is 2.35. The molecule has 0 saturated heterocycles. The first-order valence-electron chi connectivity index (χ1n) is 7.65. The number of nitrogens with one attached hydrogen (secondary N) is 2. The van der Waals surface area contributed by atoms with Crippen molar-refractivity contribution in [3.63, 3.8) is 0 Å². The largest absolute Gasteiger partial charge is 0.356 e. The molecular formula is C17H26N2O2. The van der Waals surface area contributed by atoms with Crippen LogP contribution < -0.4 is 10.6 Å². The molecule has 4 nitrogen and oxygen atoms in total. The third kappa shape index (κ3) is 8.12. The Morgan fingerprint density at radius 3 is 2.33 bits per heavy atom. The number of benzene rings is 1. The molecule has 2 N–H and O–H groups in total. The van der Waals surface area contributed by atoms with E-state index >= 15 is 0 Å². The lowest BCUT2D eigenvalue weighted by molar-refractivity contribution is -0.121. The lowest BCUT2D eigenvalue weighted by atomic mass is 10.0. The number of rotatable bonds is 9. The number of hydrogen-bond donors (Lipinski definition) is 2. The van der Waals surface area contributed by atoms with E-state index in [2.05, 4.69) is 29.7 Å². The van der Waals surface area contributed by atoms with Gasteiger partial charge in [0.25, 0.3) is 0 Å². The molecule has 1 aromatic rings. The van der Waals surface area contributed by atoms with E-state index in [1.807, 2.05) is 12.1 Å². The number of aryl methyl sites for hydroxylation is 2. The van der Waals surface area contributed by atoms with Crippen LogP contribution in [0.5, 0.6) is 0 Å². The van der Waals surface area contributed by atoms with Gasteiger partial charge in [0.15, 0.2) is 0 Å².